The van der Waals surface area contributed by atoms with Crippen molar-refractivity contribution in [2.45, 2.75) is 71.9 Å². The standard InChI is InChI=1S/C16H34N2O/c1-5-17-15(16(2,3)4)10-12-18-11-6-8-14(18)9-7-13-19/h14-15,17,19H,5-13H2,1-4H3. The monoisotopic (exact) mass is 270 g/mol. The molecule has 1 rings (SSSR count). The molecule has 0 radical (unpaired) electrons. The highest BCUT2D eigenvalue weighted by Gasteiger charge is 2.27. The minimum atomic E-state index is 0.330. The molecule has 2 atom stereocenters. The van der Waals surface area contributed by atoms with Gasteiger partial charge in [-0.2, -0.15) is 0 Å². The van der Waals surface area contributed by atoms with Crippen molar-refractivity contribution >= 4 is 0 Å². The van der Waals surface area contributed by atoms with Gasteiger partial charge in [-0.3, -0.25) is 0 Å². The zero-order valence-corrected chi connectivity index (χ0v) is 13.4. The van der Waals surface area contributed by atoms with Crippen molar-refractivity contribution in [3.05, 3.63) is 0 Å². The SMILES string of the molecule is CCNC(CCN1CCCC1CCCO)C(C)(C)C. The quantitative estimate of drug-likeness (QED) is 0.712. The summed E-state index contributed by atoms with van der Waals surface area (Å²) in [4.78, 5) is 2.64. The van der Waals surface area contributed by atoms with Crippen molar-refractivity contribution < 1.29 is 5.11 Å². The molecule has 0 aromatic heterocycles. The molecule has 1 saturated heterocycles. The molecule has 0 aromatic carbocycles. The highest BCUT2D eigenvalue weighted by molar-refractivity contribution is 4.84. The number of rotatable bonds is 8. The summed E-state index contributed by atoms with van der Waals surface area (Å²) in [6, 6.07) is 1.31. The number of likely N-dealkylation sites (tertiary alicyclic amines) is 1. The molecule has 3 heteroatoms. The van der Waals surface area contributed by atoms with Gasteiger partial charge in [-0.25, -0.2) is 0 Å². The molecule has 1 aliphatic rings. The van der Waals surface area contributed by atoms with Crippen molar-refractivity contribution in [3.63, 3.8) is 0 Å². The zero-order valence-electron chi connectivity index (χ0n) is 13.4. The molecular weight excluding hydrogens is 236 g/mol. The highest BCUT2D eigenvalue weighted by Crippen LogP contribution is 2.25. The number of aliphatic hydroxyl groups is 1. The summed E-state index contributed by atoms with van der Waals surface area (Å²) in [6.45, 7) is 13.0. The van der Waals surface area contributed by atoms with Crippen LogP contribution in [0.4, 0.5) is 0 Å². The Kier molecular flexibility index (Phi) is 7.33. The molecule has 1 heterocycles. The maximum absolute atomic E-state index is 8.98. The van der Waals surface area contributed by atoms with E-state index < -0.39 is 0 Å². The molecule has 0 spiro atoms. The molecule has 0 bridgehead atoms. The molecule has 2 unspecified atom stereocenters. The topological polar surface area (TPSA) is 35.5 Å². The smallest absolute Gasteiger partial charge is 0.0431 e. The van der Waals surface area contributed by atoms with Crippen molar-refractivity contribution in [3.8, 4) is 0 Å². The zero-order chi connectivity index (χ0) is 14.3. The fraction of sp³-hybridized carbons (Fsp3) is 1.00. The van der Waals surface area contributed by atoms with Gasteiger partial charge in [-0.05, 0) is 57.2 Å². The Morgan fingerprint density at radius 1 is 1.37 bits per heavy atom. The Morgan fingerprint density at radius 2 is 2.11 bits per heavy atom. The maximum atomic E-state index is 8.98. The Hall–Kier alpha value is -0.120. The van der Waals surface area contributed by atoms with Crippen LogP contribution in [0.5, 0.6) is 0 Å². The molecule has 3 nitrogen and oxygen atoms in total. The van der Waals surface area contributed by atoms with Crippen LogP contribution >= 0.6 is 0 Å². The van der Waals surface area contributed by atoms with E-state index >= 15 is 0 Å². The summed E-state index contributed by atoms with van der Waals surface area (Å²) in [5, 5.41) is 12.6. The lowest BCUT2D eigenvalue weighted by Gasteiger charge is -2.34. The van der Waals surface area contributed by atoms with Gasteiger partial charge in [0, 0.05) is 18.7 Å². The number of hydrogen-bond acceptors (Lipinski definition) is 3. The van der Waals surface area contributed by atoms with Gasteiger partial charge in [0.05, 0.1) is 0 Å². The van der Waals surface area contributed by atoms with Gasteiger partial charge < -0.3 is 15.3 Å². The summed E-state index contributed by atoms with van der Waals surface area (Å²) in [7, 11) is 0. The summed E-state index contributed by atoms with van der Waals surface area (Å²) >= 11 is 0. The van der Waals surface area contributed by atoms with Crippen LogP contribution in [-0.4, -0.2) is 48.3 Å². The Balaban J connectivity index is 2.40. The Morgan fingerprint density at radius 3 is 2.68 bits per heavy atom. The van der Waals surface area contributed by atoms with E-state index in [1.165, 1.54) is 32.4 Å². The summed E-state index contributed by atoms with van der Waals surface area (Å²) in [5.74, 6) is 0. The van der Waals surface area contributed by atoms with Crippen molar-refractivity contribution in [1.29, 1.82) is 0 Å². The Bertz CT molecular complexity index is 237. The Labute approximate surface area is 119 Å². The fourth-order valence-electron chi connectivity index (χ4n) is 3.23. The number of nitrogens with one attached hydrogen (secondary N) is 1. The van der Waals surface area contributed by atoms with E-state index in [4.69, 9.17) is 5.11 Å². The van der Waals surface area contributed by atoms with Crippen molar-refractivity contribution in [2.24, 2.45) is 5.41 Å². The van der Waals surface area contributed by atoms with Gasteiger partial charge >= 0.3 is 0 Å². The van der Waals surface area contributed by atoms with Gasteiger partial charge in [0.15, 0.2) is 0 Å². The van der Waals surface area contributed by atoms with Crippen LogP contribution in [0, 0.1) is 5.41 Å². The van der Waals surface area contributed by atoms with Crippen LogP contribution in [0.25, 0.3) is 0 Å². The summed E-state index contributed by atoms with van der Waals surface area (Å²) in [5.41, 5.74) is 0.330. The van der Waals surface area contributed by atoms with E-state index in [1.54, 1.807) is 0 Å². The molecule has 2 N–H and O–H groups in total. The molecular formula is C16H34N2O. The molecule has 19 heavy (non-hydrogen) atoms. The predicted octanol–water partition coefficient (Wildman–Crippen LogP) is 2.64. The second-order valence-corrected chi connectivity index (χ2v) is 6.96. The van der Waals surface area contributed by atoms with E-state index in [9.17, 15) is 0 Å². The summed E-state index contributed by atoms with van der Waals surface area (Å²) < 4.78 is 0. The van der Waals surface area contributed by atoms with Crippen LogP contribution in [0.2, 0.25) is 0 Å². The van der Waals surface area contributed by atoms with Gasteiger partial charge in [-0.15, -0.1) is 0 Å². The molecule has 0 amide bonds. The van der Waals surface area contributed by atoms with E-state index in [0.29, 0.717) is 18.1 Å². The predicted molar refractivity (Wildman–Crippen MR) is 82.5 cm³/mol. The van der Waals surface area contributed by atoms with E-state index in [0.717, 1.165) is 25.4 Å². The van der Waals surface area contributed by atoms with E-state index in [2.05, 4.69) is 37.9 Å². The lowest BCUT2D eigenvalue weighted by molar-refractivity contribution is 0.182. The fourth-order valence-corrected chi connectivity index (χ4v) is 3.23. The first kappa shape index (κ1) is 16.9. The van der Waals surface area contributed by atoms with Crippen LogP contribution in [-0.2, 0) is 0 Å². The minimum Gasteiger partial charge on any atom is -0.396 e. The number of hydrogen-bond donors (Lipinski definition) is 2. The van der Waals surface area contributed by atoms with Crippen LogP contribution in [0.15, 0.2) is 0 Å². The van der Waals surface area contributed by atoms with Crippen molar-refractivity contribution in [2.75, 3.05) is 26.2 Å². The summed E-state index contributed by atoms with van der Waals surface area (Å²) in [6.07, 6.45) is 6.00. The molecule has 0 aliphatic carbocycles. The second kappa shape index (κ2) is 8.23. The van der Waals surface area contributed by atoms with Gasteiger partial charge in [0.2, 0.25) is 0 Å². The minimum absolute atomic E-state index is 0.330. The first-order valence-electron chi connectivity index (χ1n) is 8.07. The molecule has 0 aromatic rings. The lowest BCUT2D eigenvalue weighted by atomic mass is 9.84. The highest BCUT2D eigenvalue weighted by atomic mass is 16.2. The number of aliphatic hydroxyl groups excluding tert-OH is 1. The van der Waals surface area contributed by atoms with E-state index in [-0.39, 0.29) is 0 Å². The molecule has 0 saturated carbocycles. The van der Waals surface area contributed by atoms with Gasteiger partial charge in [0.1, 0.15) is 0 Å². The van der Waals surface area contributed by atoms with E-state index in [1.807, 2.05) is 0 Å². The normalized spacial score (nSPS) is 22.9. The third kappa shape index (κ3) is 5.80. The molecule has 1 fully saturated rings. The first-order chi connectivity index (χ1) is 8.99. The lowest BCUT2D eigenvalue weighted by Crippen LogP contribution is -2.43. The molecule has 114 valence electrons. The second-order valence-electron chi connectivity index (χ2n) is 6.96. The third-order valence-electron chi connectivity index (χ3n) is 4.40. The van der Waals surface area contributed by atoms with Crippen LogP contribution in [0.3, 0.4) is 0 Å². The maximum Gasteiger partial charge on any atom is 0.0431 e. The first-order valence-corrected chi connectivity index (χ1v) is 8.07. The largest absolute Gasteiger partial charge is 0.396 e. The van der Waals surface area contributed by atoms with Gasteiger partial charge in [-0.1, -0.05) is 27.7 Å². The van der Waals surface area contributed by atoms with Crippen LogP contribution < -0.4 is 5.32 Å². The molecule has 1 aliphatic heterocycles. The third-order valence-corrected chi connectivity index (χ3v) is 4.40. The van der Waals surface area contributed by atoms with Crippen LogP contribution in [0.1, 0.15) is 59.8 Å². The average Bonchev–Trinajstić information content (AvgIpc) is 2.78. The van der Waals surface area contributed by atoms with Crippen molar-refractivity contribution in [1.82, 2.24) is 10.2 Å². The number of nitrogens with zero attached hydrogens (tertiary/aromatic N) is 1. The van der Waals surface area contributed by atoms with Gasteiger partial charge in [0.25, 0.3) is 0 Å². The average molecular weight is 270 g/mol.